The number of nitrogens with zero attached hydrogens (tertiary/aromatic N) is 2. The first-order valence-corrected chi connectivity index (χ1v) is 7.70. The van der Waals surface area contributed by atoms with E-state index < -0.39 is 18.2 Å². The van der Waals surface area contributed by atoms with Crippen molar-refractivity contribution in [1.29, 1.82) is 0 Å². The van der Waals surface area contributed by atoms with Crippen molar-refractivity contribution in [3.63, 3.8) is 0 Å². The van der Waals surface area contributed by atoms with E-state index in [4.69, 9.17) is 0 Å². The van der Waals surface area contributed by atoms with Crippen LogP contribution in [0.25, 0.3) is 0 Å². The number of aromatic nitrogens is 2. The van der Waals surface area contributed by atoms with Crippen molar-refractivity contribution in [3.8, 4) is 0 Å². The topological polar surface area (TPSA) is 87.4 Å². The highest BCUT2D eigenvalue weighted by Gasteiger charge is 2.43. The number of carbonyl (C=O) groups excluding carboxylic acids is 1. The minimum Gasteiger partial charge on any atom is -0.390 e. The summed E-state index contributed by atoms with van der Waals surface area (Å²) in [5.74, 6) is -0.424. The Morgan fingerprint density at radius 3 is 2.61 bits per heavy atom. The first-order chi connectivity index (χ1) is 11.0. The molecule has 0 spiro atoms. The van der Waals surface area contributed by atoms with E-state index >= 15 is 0 Å². The third-order valence-electron chi connectivity index (χ3n) is 4.45. The van der Waals surface area contributed by atoms with Crippen LogP contribution in [-0.2, 0) is 7.05 Å². The Balaban J connectivity index is 1.84. The first kappa shape index (κ1) is 15.7. The molecular formula is C17H21N3O3. The van der Waals surface area contributed by atoms with Crippen molar-refractivity contribution in [2.45, 2.75) is 37.5 Å². The average Bonchev–Trinajstić information content (AvgIpc) is 3.01. The number of nitrogens with one attached hydrogen (secondary N) is 1. The molecule has 0 aliphatic heterocycles. The zero-order chi connectivity index (χ0) is 16.6. The highest BCUT2D eigenvalue weighted by Crippen LogP contribution is 2.35. The molecule has 1 heterocycles. The van der Waals surface area contributed by atoms with Crippen LogP contribution in [0.4, 0.5) is 0 Å². The normalized spacial score (nSPS) is 27.1. The first-order valence-electron chi connectivity index (χ1n) is 7.70. The maximum absolute atomic E-state index is 12.5. The summed E-state index contributed by atoms with van der Waals surface area (Å²) in [6.07, 6.45) is -1.42. The number of hydrogen-bond donors (Lipinski definition) is 3. The van der Waals surface area contributed by atoms with Gasteiger partial charge in [0.2, 0.25) is 0 Å². The van der Waals surface area contributed by atoms with Gasteiger partial charge in [-0.05, 0) is 25.0 Å². The van der Waals surface area contributed by atoms with Crippen LogP contribution in [-0.4, -0.2) is 44.2 Å². The Kier molecular flexibility index (Phi) is 4.19. The fourth-order valence-electron chi connectivity index (χ4n) is 3.30. The molecule has 6 nitrogen and oxygen atoms in total. The third kappa shape index (κ3) is 3.00. The second kappa shape index (κ2) is 6.14. The molecule has 1 aromatic carbocycles. The molecule has 1 aromatic heterocycles. The van der Waals surface area contributed by atoms with Crippen LogP contribution in [0.15, 0.2) is 36.4 Å². The molecule has 3 N–H and O–H groups in total. The lowest BCUT2D eigenvalue weighted by Gasteiger charge is -2.23. The molecule has 1 aliphatic carbocycles. The van der Waals surface area contributed by atoms with Crippen LogP contribution in [0.3, 0.4) is 0 Å². The number of carbonyl (C=O) groups is 1. The van der Waals surface area contributed by atoms with Gasteiger partial charge in [0.15, 0.2) is 0 Å². The monoisotopic (exact) mass is 315 g/mol. The Labute approximate surface area is 134 Å². The minimum absolute atomic E-state index is 0.125. The molecular weight excluding hydrogens is 294 g/mol. The predicted molar refractivity (Wildman–Crippen MR) is 85.0 cm³/mol. The molecule has 6 heteroatoms. The number of rotatable bonds is 3. The van der Waals surface area contributed by atoms with Crippen LogP contribution in [0.1, 0.15) is 34.1 Å². The van der Waals surface area contributed by atoms with Gasteiger partial charge in [-0.25, -0.2) is 0 Å². The zero-order valence-corrected chi connectivity index (χ0v) is 13.2. The lowest BCUT2D eigenvalue weighted by atomic mass is 9.93. The maximum Gasteiger partial charge on any atom is 0.269 e. The number of aryl methyl sites for hydroxylation is 2. The van der Waals surface area contributed by atoms with Crippen molar-refractivity contribution in [1.82, 2.24) is 15.1 Å². The van der Waals surface area contributed by atoms with Gasteiger partial charge in [-0.3, -0.25) is 9.48 Å². The Morgan fingerprint density at radius 1 is 1.30 bits per heavy atom. The van der Waals surface area contributed by atoms with Gasteiger partial charge in [0.25, 0.3) is 5.91 Å². The molecule has 0 radical (unpaired) electrons. The van der Waals surface area contributed by atoms with E-state index in [1.807, 2.05) is 37.3 Å². The van der Waals surface area contributed by atoms with Gasteiger partial charge in [0, 0.05) is 13.0 Å². The second-order valence-corrected chi connectivity index (χ2v) is 6.10. The van der Waals surface area contributed by atoms with Gasteiger partial charge in [-0.15, -0.1) is 0 Å². The molecule has 2 aromatic rings. The van der Waals surface area contributed by atoms with Crippen LogP contribution in [0.5, 0.6) is 0 Å². The van der Waals surface area contributed by atoms with Gasteiger partial charge in [0.1, 0.15) is 11.8 Å². The number of benzene rings is 1. The van der Waals surface area contributed by atoms with Crippen molar-refractivity contribution >= 4 is 5.91 Å². The van der Waals surface area contributed by atoms with Crippen molar-refractivity contribution in [3.05, 3.63) is 53.3 Å². The Hall–Kier alpha value is -2.18. The molecule has 23 heavy (non-hydrogen) atoms. The van der Waals surface area contributed by atoms with E-state index in [-0.39, 0.29) is 11.8 Å². The molecule has 1 fully saturated rings. The fraction of sp³-hybridized carbons (Fsp3) is 0.412. The number of aliphatic hydroxyl groups is 2. The lowest BCUT2D eigenvalue weighted by Crippen LogP contribution is -2.45. The lowest BCUT2D eigenvalue weighted by molar-refractivity contribution is 0.0293. The summed E-state index contributed by atoms with van der Waals surface area (Å²) in [6, 6.07) is 10.8. The van der Waals surface area contributed by atoms with Crippen LogP contribution in [0, 0.1) is 6.92 Å². The maximum atomic E-state index is 12.5. The Morgan fingerprint density at radius 2 is 2.00 bits per heavy atom. The van der Waals surface area contributed by atoms with E-state index in [1.54, 1.807) is 13.1 Å². The molecule has 1 saturated carbocycles. The Bertz CT molecular complexity index is 698. The van der Waals surface area contributed by atoms with Gasteiger partial charge in [0.05, 0.1) is 17.8 Å². The highest BCUT2D eigenvalue weighted by atomic mass is 16.3. The van der Waals surface area contributed by atoms with Crippen molar-refractivity contribution < 1.29 is 15.0 Å². The standard InChI is InChI=1S/C17H21N3O3/c1-10-8-13(20(2)19-10)17(23)18-15-12(9-14(21)16(15)22)11-6-4-3-5-7-11/h3-8,12,14-16,21-22H,9H2,1-2H3,(H,18,23)/t12-,14-,15-,16-/m1/s1. The summed E-state index contributed by atoms with van der Waals surface area (Å²) in [6.45, 7) is 1.82. The van der Waals surface area contributed by atoms with Gasteiger partial charge in [-0.2, -0.15) is 5.10 Å². The smallest absolute Gasteiger partial charge is 0.269 e. The fourth-order valence-corrected chi connectivity index (χ4v) is 3.30. The van der Waals surface area contributed by atoms with Crippen molar-refractivity contribution in [2.24, 2.45) is 7.05 Å². The van der Waals surface area contributed by atoms with Gasteiger partial charge >= 0.3 is 0 Å². The molecule has 1 amide bonds. The molecule has 4 atom stereocenters. The zero-order valence-electron chi connectivity index (χ0n) is 13.2. The summed E-state index contributed by atoms with van der Waals surface area (Å²) in [5.41, 5.74) is 2.18. The molecule has 122 valence electrons. The van der Waals surface area contributed by atoms with Crippen LogP contribution >= 0.6 is 0 Å². The molecule has 1 aliphatic rings. The molecule has 0 bridgehead atoms. The van der Waals surface area contributed by atoms with E-state index in [0.717, 1.165) is 11.3 Å². The number of amides is 1. The SMILES string of the molecule is Cc1cc(C(=O)N[C@H]2[C@H](O)[C@H](O)C[C@@H]2c2ccccc2)n(C)n1. The highest BCUT2D eigenvalue weighted by molar-refractivity contribution is 5.93. The van der Waals surface area contributed by atoms with E-state index in [0.29, 0.717) is 12.1 Å². The second-order valence-electron chi connectivity index (χ2n) is 6.10. The summed E-state index contributed by atoms with van der Waals surface area (Å²) in [7, 11) is 1.70. The summed E-state index contributed by atoms with van der Waals surface area (Å²) < 4.78 is 1.51. The van der Waals surface area contributed by atoms with Crippen LogP contribution in [0.2, 0.25) is 0 Å². The number of aliphatic hydroxyl groups excluding tert-OH is 2. The van der Waals surface area contributed by atoms with Gasteiger partial charge in [-0.1, -0.05) is 30.3 Å². The largest absolute Gasteiger partial charge is 0.390 e. The van der Waals surface area contributed by atoms with Crippen molar-refractivity contribution in [2.75, 3.05) is 0 Å². The quantitative estimate of drug-likeness (QED) is 0.779. The molecule has 3 rings (SSSR count). The van der Waals surface area contributed by atoms with Crippen LogP contribution < -0.4 is 5.32 Å². The average molecular weight is 315 g/mol. The van der Waals surface area contributed by atoms with E-state index in [1.165, 1.54) is 4.68 Å². The minimum atomic E-state index is -0.988. The predicted octanol–water partition coefficient (Wildman–Crippen LogP) is 0.736. The summed E-state index contributed by atoms with van der Waals surface area (Å²) >= 11 is 0. The molecule has 0 saturated heterocycles. The summed E-state index contributed by atoms with van der Waals surface area (Å²) in [4.78, 5) is 12.5. The number of hydrogen-bond acceptors (Lipinski definition) is 4. The third-order valence-corrected chi connectivity index (χ3v) is 4.45. The molecule has 0 unspecified atom stereocenters. The van der Waals surface area contributed by atoms with E-state index in [9.17, 15) is 15.0 Å². The van der Waals surface area contributed by atoms with Gasteiger partial charge < -0.3 is 15.5 Å². The van der Waals surface area contributed by atoms with E-state index in [2.05, 4.69) is 10.4 Å². The summed E-state index contributed by atoms with van der Waals surface area (Å²) in [5, 5.41) is 27.3.